The molecule has 0 radical (unpaired) electrons. The Balaban J connectivity index is 1.89. The fourth-order valence-corrected chi connectivity index (χ4v) is 1.84. The van der Waals surface area contributed by atoms with Crippen molar-refractivity contribution in [2.45, 2.75) is 25.5 Å². The maximum absolute atomic E-state index is 13.4. The lowest BCUT2D eigenvalue weighted by molar-refractivity contribution is 0.186. The Hall–Kier alpha value is -1.13. The number of nitrogens with one attached hydrogen (secondary N) is 1. The Labute approximate surface area is 94.2 Å². The Kier molecular flexibility index (Phi) is 3.41. The smallest absolute Gasteiger partial charge is 0.165 e. The van der Waals surface area contributed by atoms with Gasteiger partial charge in [0.2, 0.25) is 0 Å². The van der Waals surface area contributed by atoms with Crippen LogP contribution in [0.15, 0.2) is 18.2 Å². The highest BCUT2D eigenvalue weighted by atomic mass is 19.1. The first-order valence-corrected chi connectivity index (χ1v) is 5.45. The molecule has 1 fully saturated rings. The molecule has 1 aliphatic heterocycles. The molecule has 1 unspecified atom stereocenters. The minimum absolute atomic E-state index is 0.107. The normalized spacial score (nSPS) is 24.7. The van der Waals surface area contributed by atoms with E-state index in [0.717, 1.165) is 5.56 Å². The van der Waals surface area contributed by atoms with E-state index in [1.165, 1.54) is 6.07 Å². The van der Waals surface area contributed by atoms with Crippen LogP contribution in [0.25, 0.3) is 0 Å². The fraction of sp³-hybridized carbons (Fsp3) is 0.500. The topological polar surface area (TPSA) is 41.5 Å². The minimum Gasteiger partial charge on any atom is -0.489 e. The molecule has 2 atom stereocenters. The average molecular weight is 225 g/mol. The van der Waals surface area contributed by atoms with E-state index < -0.39 is 0 Å². The van der Waals surface area contributed by atoms with Crippen molar-refractivity contribution in [3.8, 4) is 5.75 Å². The molecule has 1 aromatic rings. The summed E-state index contributed by atoms with van der Waals surface area (Å²) in [4.78, 5) is 0. The van der Waals surface area contributed by atoms with Crippen molar-refractivity contribution in [1.29, 1.82) is 0 Å². The second-order valence-corrected chi connectivity index (χ2v) is 4.24. The van der Waals surface area contributed by atoms with Crippen molar-refractivity contribution in [2.75, 3.05) is 13.2 Å². The van der Waals surface area contributed by atoms with E-state index in [9.17, 15) is 9.50 Å². The van der Waals surface area contributed by atoms with Crippen molar-refractivity contribution < 1.29 is 14.2 Å². The largest absolute Gasteiger partial charge is 0.489 e. The van der Waals surface area contributed by atoms with Crippen molar-refractivity contribution >= 4 is 0 Å². The summed E-state index contributed by atoms with van der Waals surface area (Å²) >= 11 is 0. The number of hydrogen-bond acceptors (Lipinski definition) is 3. The van der Waals surface area contributed by atoms with E-state index in [-0.39, 0.29) is 23.7 Å². The molecule has 0 spiro atoms. The van der Waals surface area contributed by atoms with E-state index in [1.54, 1.807) is 6.07 Å². The van der Waals surface area contributed by atoms with Gasteiger partial charge in [-0.1, -0.05) is 6.07 Å². The Morgan fingerprint density at radius 3 is 3.00 bits per heavy atom. The van der Waals surface area contributed by atoms with Gasteiger partial charge in [0.25, 0.3) is 0 Å². The number of β-amino-alcohol motifs (C(OH)–C–C–N with tert-alkyl or cyclic N) is 1. The summed E-state index contributed by atoms with van der Waals surface area (Å²) in [6.07, 6.45) is 0.351. The maximum atomic E-state index is 13.4. The Morgan fingerprint density at radius 1 is 1.56 bits per heavy atom. The van der Waals surface area contributed by atoms with E-state index in [4.69, 9.17) is 4.74 Å². The van der Waals surface area contributed by atoms with Crippen LogP contribution in [0, 0.1) is 12.7 Å². The van der Waals surface area contributed by atoms with E-state index in [0.29, 0.717) is 19.6 Å². The van der Waals surface area contributed by atoms with Crippen LogP contribution >= 0.6 is 0 Å². The first-order valence-electron chi connectivity index (χ1n) is 5.45. The number of benzene rings is 1. The van der Waals surface area contributed by atoms with Crippen LogP contribution in [0.5, 0.6) is 5.75 Å². The summed E-state index contributed by atoms with van der Waals surface area (Å²) in [6.45, 7) is 2.81. The monoisotopic (exact) mass is 225 g/mol. The van der Waals surface area contributed by atoms with Gasteiger partial charge in [-0.3, -0.25) is 0 Å². The molecule has 1 aliphatic rings. The van der Waals surface area contributed by atoms with Gasteiger partial charge in [-0.15, -0.1) is 0 Å². The van der Waals surface area contributed by atoms with E-state index in [1.807, 2.05) is 13.0 Å². The first-order chi connectivity index (χ1) is 7.65. The van der Waals surface area contributed by atoms with Gasteiger partial charge < -0.3 is 15.2 Å². The van der Waals surface area contributed by atoms with Crippen LogP contribution in [0.2, 0.25) is 0 Å². The fourth-order valence-electron chi connectivity index (χ4n) is 1.84. The SMILES string of the molecule is Cc1ccc(OCC2C[C@@H](O)CN2)c(F)c1. The first kappa shape index (κ1) is 11.4. The summed E-state index contributed by atoms with van der Waals surface area (Å²) in [6, 6.07) is 5.01. The molecule has 0 amide bonds. The molecule has 0 saturated carbocycles. The third kappa shape index (κ3) is 2.71. The van der Waals surface area contributed by atoms with Crippen LogP contribution in [-0.2, 0) is 0 Å². The summed E-state index contributed by atoms with van der Waals surface area (Å²) in [5, 5.41) is 12.4. The number of aliphatic hydroxyl groups is 1. The molecular formula is C12H16FNO2. The molecule has 2 N–H and O–H groups in total. The lowest BCUT2D eigenvalue weighted by Crippen LogP contribution is -2.28. The molecular weight excluding hydrogens is 209 g/mol. The molecule has 1 saturated heterocycles. The standard InChI is InChI=1S/C12H16FNO2/c1-8-2-3-12(11(13)4-8)16-7-9-5-10(15)6-14-9/h2-4,9-10,14-15H,5-7H2,1H3/t9?,10-/m1/s1. The predicted octanol–water partition coefficient (Wildman–Crippen LogP) is 1.24. The van der Waals surface area contributed by atoms with Crippen molar-refractivity contribution in [1.82, 2.24) is 5.32 Å². The van der Waals surface area contributed by atoms with Gasteiger partial charge in [-0.05, 0) is 31.0 Å². The molecule has 88 valence electrons. The van der Waals surface area contributed by atoms with Crippen LogP contribution in [-0.4, -0.2) is 30.4 Å². The molecule has 0 aliphatic carbocycles. The lowest BCUT2D eigenvalue weighted by atomic mass is 10.2. The number of hydrogen-bond donors (Lipinski definition) is 2. The van der Waals surface area contributed by atoms with Crippen LogP contribution < -0.4 is 10.1 Å². The molecule has 0 aromatic heterocycles. The van der Waals surface area contributed by atoms with Gasteiger partial charge in [-0.25, -0.2) is 4.39 Å². The molecule has 3 nitrogen and oxygen atoms in total. The summed E-state index contributed by atoms with van der Waals surface area (Å²) in [7, 11) is 0. The van der Waals surface area contributed by atoms with Crippen LogP contribution in [0.4, 0.5) is 4.39 Å². The molecule has 2 rings (SSSR count). The molecule has 1 aromatic carbocycles. The van der Waals surface area contributed by atoms with E-state index >= 15 is 0 Å². The number of aliphatic hydroxyl groups excluding tert-OH is 1. The third-order valence-corrected chi connectivity index (χ3v) is 2.73. The summed E-state index contributed by atoms with van der Waals surface area (Å²) in [5.74, 6) is -0.0627. The van der Waals surface area contributed by atoms with Crippen LogP contribution in [0.1, 0.15) is 12.0 Å². The Morgan fingerprint density at radius 2 is 2.38 bits per heavy atom. The number of aryl methyl sites for hydroxylation is 1. The zero-order chi connectivity index (χ0) is 11.5. The zero-order valence-corrected chi connectivity index (χ0v) is 9.24. The maximum Gasteiger partial charge on any atom is 0.165 e. The van der Waals surface area contributed by atoms with Gasteiger partial charge in [0, 0.05) is 12.6 Å². The molecule has 0 bridgehead atoms. The molecule has 4 heteroatoms. The summed E-state index contributed by atoms with van der Waals surface area (Å²) < 4.78 is 18.8. The molecule has 16 heavy (non-hydrogen) atoms. The quantitative estimate of drug-likeness (QED) is 0.813. The van der Waals surface area contributed by atoms with Gasteiger partial charge in [0.15, 0.2) is 11.6 Å². The van der Waals surface area contributed by atoms with Gasteiger partial charge in [0.05, 0.1) is 6.10 Å². The highest BCUT2D eigenvalue weighted by molar-refractivity contribution is 5.28. The Bertz CT molecular complexity index is 370. The van der Waals surface area contributed by atoms with Crippen molar-refractivity contribution in [3.63, 3.8) is 0 Å². The highest BCUT2D eigenvalue weighted by Crippen LogP contribution is 2.18. The number of halogens is 1. The van der Waals surface area contributed by atoms with Gasteiger partial charge in [0.1, 0.15) is 6.61 Å². The van der Waals surface area contributed by atoms with E-state index in [2.05, 4.69) is 5.32 Å². The van der Waals surface area contributed by atoms with Gasteiger partial charge in [-0.2, -0.15) is 0 Å². The third-order valence-electron chi connectivity index (χ3n) is 2.73. The minimum atomic E-state index is -0.335. The highest BCUT2D eigenvalue weighted by Gasteiger charge is 2.22. The second kappa shape index (κ2) is 4.80. The van der Waals surface area contributed by atoms with Gasteiger partial charge >= 0.3 is 0 Å². The average Bonchev–Trinajstić information content (AvgIpc) is 2.63. The number of ether oxygens (including phenoxy) is 1. The zero-order valence-electron chi connectivity index (χ0n) is 9.24. The van der Waals surface area contributed by atoms with Crippen molar-refractivity contribution in [3.05, 3.63) is 29.6 Å². The lowest BCUT2D eigenvalue weighted by Gasteiger charge is -2.12. The predicted molar refractivity (Wildman–Crippen MR) is 59.0 cm³/mol. The summed E-state index contributed by atoms with van der Waals surface area (Å²) in [5.41, 5.74) is 0.874. The number of rotatable bonds is 3. The second-order valence-electron chi connectivity index (χ2n) is 4.24. The van der Waals surface area contributed by atoms with Crippen molar-refractivity contribution in [2.24, 2.45) is 0 Å². The molecule has 1 heterocycles. The van der Waals surface area contributed by atoms with Crippen LogP contribution in [0.3, 0.4) is 0 Å².